The van der Waals surface area contributed by atoms with Gasteiger partial charge in [-0.25, -0.2) is 9.69 Å². The normalized spacial score (nSPS) is 20.8. The van der Waals surface area contributed by atoms with Crippen molar-refractivity contribution in [3.8, 4) is 5.88 Å². The van der Waals surface area contributed by atoms with E-state index >= 15 is 0 Å². The predicted octanol–water partition coefficient (Wildman–Crippen LogP) is -0.775. The molecule has 1 N–H and O–H groups in total. The van der Waals surface area contributed by atoms with Gasteiger partial charge in [-0.1, -0.05) is 6.08 Å². The van der Waals surface area contributed by atoms with Crippen molar-refractivity contribution in [1.29, 1.82) is 0 Å². The van der Waals surface area contributed by atoms with Crippen LogP contribution in [0.4, 0.5) is 0 Å². The van der Waals surface area contributed by atoms with Gasteiger partial charge >= 0.3 is 0 Å². The van der Waals surface area contributed by atoms with E-state index in [1.807, 2.05) is 0 Å². The van der Waals surface area contributed by atoms with Gasteiger partial charge in [0, 0.05) is 40.3 Å². The third-order valence-corrected chi connectivity index (χ3v) is 5.61. The van der Waals surface area contributed by atoms with E-state index in [0.29, 0.717) is 52.6 Å². The van der Waals surface area contributed by atoms with Gasteiger partial charge in [0.25, 0.3) is 17.7 Å². The van der Waals surface area contributed by atoms with E-state index in [2.05, 4.69) is 10.2 Å². The van der Waals surface area contributed by atoms with Crippen LogP contribution >= 0.6 is 0 Å². The minimum absolute atomic E-state index is 0.0501. The minimum Gasteiger partial charge on any atom is -0.493 e. The molecule has 2 fully saturated rings. The van der Waals surface area contributed by atoms with Crippen molar-refractivity contribution < 1.29 is 29.0 Å². The third-order valence-electron chi connectivity index (χ3n) is 5.61. The molecule has 3 aliphatic rings. The first-order valence-electron chi connectivity index (χ1n) is 10.6. The molecule has 0 unspecified atom stereocenters. The molecule has 12 nitrogen and oxygen atoms in total. The van der Waals surface area contributed by atoms with Crippen LogP contribution in [0.2, 0.25) is 0 Å². The molecule has 3 aliphatic heterocycles. The first-order chi connectivity index (χ1) is 15.9. The summed E-state index contributed by atoms with van der Waals surface area (Å²) >= 11 is 0. The van der Waals surface area contributed by atoms with Crippen molar-refractivity contribution >= 4 is 29.5 Å². The zero-order valence-electron chi connectivity index (χ0n) is 18.6. The number of ether oxygens (including phenoxy) is 2. The van der Waals surface area contributed by atoms with E-state index in [4.69, 9.17) is 9.47 Å². The summed E-state index contributed by atoms with van der Waals surface area (Å²) in [6.45, 7) is 3.48. The molecule has 0 bridgehead atoms. The van der Waals surface area contributed by atoms with E-state index in [1.165, 1.54) is 37.0 Å². The SMILES string of the molecule is CN1N=C(C(=O)N2CCOCC2)/C(=C/C=Cc2c(C(=O)N3CCOCC3)nn(C)c2O)C1=O. The van der Waals surface area contributed by atoms with Crippen molar-refractivity contribution in [3.05, 3.63) is 29.0 Å². The number of carbonyl (C=O) groups is 3. The van der Waals surface area contributed by atoms with Gasteiger partial charge < -0.3 is 24.4 Å². The number of allylic oxidation sites excluding steroid dienone is 2. The molecule has 1 aromatic heterocycles. The Labute approximate surface area is 190 Å². The molecule has 12 heteroatoms. The second kappa shape index (κ2) is 9.55. The van der Waals surface area contributed by atoms with Crippen molar-refractivity contribution in [2.45, 2.75) is 0 Å². The van der Waals surface area contributed by atoms with E-state index in [1.54, 1.807) is 9.80 Å². The summed E-state index contributed by atoms with van der Waals surface area (Å²) in [4.78, 5) is 41.6. The quantitative estimate of drug-likeness (QED) is 0.586. The molecule has 0 atom stereocenters. The van der Waals surface area contributed by atoms with Crippen LogP contribution in [0.15, 0.2) is 22.8 Å². The largest absolute Gasteiger partial charge is 0.493 e. The standard InChI is InChI=1S/C21H26N6O6/c1-24-18(28)14(16(22-24)20(30)26-6-10-32-11-7-26)4-3-5-15-17(23-25(2)19(15)29)21(31)27-8-12-33-13-9-27/h3-5,28H,6-13H2,1-2H3/b4-3?,15-5-. The van der Waals surface area contributed by atoms with Crippen LogP contribution < -0.4 is 0 Å². The number of morpholine rings is 2. The Balaban J connectivity index is 1.58. The number of rotatable bonds is 4. The smallest absolute Gasteiger partial charge is 0.276 e. The Bertz CT molecular complexity index is 1050. The van der Waals surface area contributed by atoms with Gasteiger partial charge in [0.05, 0.1) is 37.6 Å². The van der Waals surface area contributed by atoms with E-state index in [-0.39, 0.29) is 40.2 Å². The maximum atomic E-state index is 12.9. The molecule has 2 saturated heterocycles. The Morgan fingerprint density at radius 2 is 1.55 bits per heavy atom. The molecule has 0 spiro atoms. The zero-order valence-corrected chi connectivity index (χ0v) is 18.6. The highest BCUT2D eigenvalue weighted by Gasteiger charge is 2.34. The van der Waals surface area contributed by atoms with Crippen LogP contribution in [-0.4, -0.2) is 113 Å². The van der Waals surface area contributed by atoms with Crippen molar-refractivity contribution in [2.24, 2.45) is 12.1 Å². The highest BCUT2D eigenvalue weighted by atomic mass is 16.5. The summed E-state index contributed by atoms with van der Waals surface area (Å²) < 4.78 is 11.8. The van der Waals surface area contributed by atoms with Crippen LogP contribution in [0.3, 0.4) is 0 Å². The molecule has 0 saturated carbocycles. The molecule has 33 heavy (non-hydrogen) atoms. The van der Waals surface area contributed by atoms with Crippen LogP contribution in [0.1, 0.15) is 16.1 Å². The van der Waals surface area contributed by atoms with Gasteiger partial charge in [-0.2, -0.15) is 10.2 Å². The minimum atomic E-state index is -0.420. The Morgan fingerprint density at radius 3 is 2.15 bits per heavy atom. The second-order valence-electron chi connectivity index (χ2n) is 7.74. The summed E-state index contributed by atoms with van der Waals surface area (Å²) in [5.41, 5.74) is 0.506. The number of amides is 3. The number of aryl methyl sites for hydroxylation is 1. The highest BCUT2D eigenvalue weighted by molar-refractivity contribution is 6.52. The van der Waals surface area contributed by atoms with Crippen molar-refractivity contribution in [1.82, 2.24) is 24.6 Å². The number of hydrogen-bond acceptors (Lipinski definition) is 8. The lowest BCUT2D eigenvalue weighted by Gasteiger charge is -2.26. The molecule has 0 aliphatic carbocycles. The summed E-state index contributed by atoms with van der Waals surface area (Å²) in [6.07, 6.45) is 4.45. The Hall–Kier alpha value is -3.51. The maximum Gasteiger partial charge on any atom is 0.276 e. The summed E-state index contributed by atoms with van der Waals surface area (Å²) in [5.74, 6) is -1.27. The fourth-order valence-electron chi connectivity index (χ4n) is 3.75. The van der Waals surface area contributed by atoms with E-state index < -0.39 is 5.91 Å². The lowest BCUT2D eigenvalue weighted by molar-refractivity contribution is -0.128. The van der Waals surface area contributed by atoms with Gasteiger partial charge in [0.1, 0.15) is 0 Å². The van der Waals surface area contributed by atoms with Crippen LogP contribution in [0.25, 0.3) is 6.08 Å². The monoisotopic (exact) mass is 458 g/mol. The van der Waals surface area contributed by atoms with Crippen LogP contribution in [-0.2, 0) is 26.1 Å². The predicted molar refractivity (Wildman–Crippen MR) is 116 cm³/mol. The lowest BCUT2D eigenvalue weighted by Crippen LogP contribution is -2.44. The first kappa shape index (κ1) is 22.7. The number of hydrogen-bond donors (Lipinski definition) is 1. The lowest BCUT2D eigenvalue weighted by atomic mass is 10.1. The van der Waals surface area contributed by atoms with Gasteiger partial charge in [-0.05, 0) is 12.2 Å². The molecule has 4 heterocycles. The third kappa shape index (κ3) is 4.52. The molecule has 3 amide bonds. The number of aromatic hydroxyl groups is 1. The second-order valence-corrected chi connectivity index (χ2v) is 7.74. The van der Waals surface area contributed by atoms with Crippen molar-refractivity contribution in [3.63, 3.8) is 0 Å². The van der Waals surface area contributed by atoms with Crippen LogP contribution in [0, 0.1) is 0 Å². The van der Waals surface area contributed by atoms with Crippen LogP contribution in [0.5, 0.6) is 5.88 Å². The molecule has 4 rings (SSSR count). The van der Waals surface area contributed by atoms with Gasteiger partial charge in [-0.15, -0.1) is 0 Å². The summed E-state index contributed by atoms with van der Waals surface area (Å²) in [7, 11) is 3.01. The van der Waals surface area contributed by atoms with E-state index in [0.717, 1.165) is 5.01 Å². The van der Waals surface area contributed by atoms with Gasteiger partial charge in [-0.3, -0.25) is 14.4 Å². The Morgan fingerprint density at radius 1 is 0.970 bits per heavy atom. The number of likely N-dealkylation sites (N-methyl/N-ethyl adjacent to an activating group) is 1. The molecule has 0 aromatic carbocycles. The maximum absolute atomic E-state index is 12.9. The number of nitrogens with zero attached hydrogens (tertiary/aromatic N) is 6. The number of aromatic nitrogens is 2. The molecular formula is C21H26N6O6. The summed E-state index contributed by atoms with van der Waals surface area (Å²) in [6, 6.07) is 0. The fraction of sp³-hybridized carbons (Fsp3) is 0.476. The fourth-order valence-corrected chi connectivity index (χ4v) is 3.75. The molecule has 0 radical (unpaired) electrons. The highest BCUT2D eigenvalue weighted by Crippen LogP contribution is 2.24. The molecular weight excluding hydrogens is 432 g/mol. The zero-order chi connectivity index (χ0) is 23.5. The van der Waals surface area contributed by atoms with Gasteiger partial charge in [0.2, 0.25) is 5.88 Å². The van der Waals surface area contributed by atoms with Crippen molar-refractivity contribution in [2.75, 3.05) is 59.7 Å². The molecule has 176 valence electrons. The molecule has 1 aromatic rings. The number of hydrazone groups is 1. The van der Waals surface area contributed by atoms with E-state index in [9.17, 15) is 19.5 Å². The first-order valence-corrected chi connectivity index (χ1v) is 10.6. The summed E-state index contributed by atoms with van der Waals surface area (Å²) in [5, 5.41) is 19.8. The Kier molecular flexibility index (Phi) is 6.56. The average molecular weight is 458 g/mol. The average Bonchev–Trinajstić information content (AvgIpc) is 3.29. The topological polar surface area (TPSA) is 130 Å². The number of carbonyl (C=O) groups excluding carboxylic acids is 3. The van der Waals surface area contributed by atoms with Gasteiger partial charge in [0.15, 0.2) is 11.4 Å².